The van der Waals surface area contributed by atoms with Crippen LogP contribution in [0.2, 0.25) is 0 Å². The van der Waals surface area contributed by atoms with Gasteiger partial charge in [-0.25, -0.2) is 4.79 Å². The van der Waals surface area contributed by atoms with Gasteiger partial charge in [0, 0.05) is 5.56 Å². The first-order chi connectivity index (χ1) is 9.56. The van der Waals surface area contributed by atoms with Gasteiger partial charge in [-0.1, -0.05) is 31.0 Å². The van der Waals surface area contributed by atoms with E-state index in [0.717, 1.165) is 17.7 Å². The maximum Gasteiger partial charge on any atom is 0.330 e. The summed E-state index contributed by atoms with van der Waals surface area (Å²) >= 11 is 0. The Hall–Kier alpha value is -2.17. The minimum Gasteiger partial charge on any atom is -0.479 e. The summed E-state index contributed by atoms with van der Waals surface area (Å²) in [5, 5.41) is 9.55. The third-order valence-corrected chi connectivity index (χ3v) is 4.30. The van der Waals surface area contributed by atoms with E-state index in [4.69, 9.17) is 0 Å². The molecule has 3 rings (SSSR count). The number of aliphatic carboxylic acids is 1. The highest BCUT2D eigenvalue weighted by Gasteiger charge is 2.53. The van der Waals surface area contributed by atoms with E-state index in [1.165, 1.54) is 0 Å². The number of carboxylic acid groups (broad SMARTS) is 1. The van der Waals surface area contributed by atoms with Gasteiger partial charge >= 0.3 is 5.97 Å². The van der Waals surface area contributed by atoms with E-state index < -0.39 is 23.3 Å². The van der Waals surface area contributed by atoms with Crippen LogP contribution >= 0.6 is 0 Å². The van der Waals surface area contributed by atoms with Gasteiger partial charge in [-0.15, -0.1) is 0 Å². The van der Waals surface area contributed by atoms with Crippen molar-refractivity contribution < 1.29 is 19.5 Å². The largest absolute Gasteiger partial charge is 0.479 e. The molecule has 1 aromatic rings. The standard InChI is InChI=1S/C15H15NO4/c17-12-9-10-5-1-2-6-11(10)13(18)16(12)15(14(19)20)7-3-4-8-15/h1-2,5-6H,3-4,7-9H2,(H,19,20). The molecule has 1 aromatic carbocycles. The highest BCUT2D eigenvalue weighted by Crippen LogP contribution is 2.38. The second kappa shape index (κ2) is 4.44. The van der Waals surface area contributed by atoms with Crippen molar-refractivity contribution in [1.82, 2.24) is 4.90 Å². The van der Waals surface area contributed by atoms with Crippen molar-refractivity contribution in [3.63, 3.8) is 0 Å². The molecule has 0 unspecified atom stereocenters. The highest BCUT2D eigenvalue weighted by molar-refractivity contribution is 6.12. The molecular weight excluding hydrogens is 258 g/mol. The molecule has 104 valence electrons. The molecule has 1 aliphatic carbocycles. The first-order valence-corrected chi connectivity index (χ1v) is 6.75. The number of fused-ring (bicyclic) bond motifs is 1. The second-order valence-electron chi connectivity index (χ2n) is 5.41. The zero-order chi connectivity index (χ0) is 14.3. The van der Waals surface area contributed by atoms with Crippen LogP contribution in [0.4, 0.5) is 0 Å². The summed E-state index contributed by atoms with van der Waals surface area (Å²) in [4.78, 5) is 37.6. The number of benzene rings is 1. The van der Waals surface area contributed by atoms with Crippen LogP contribution in [0.15, 0.2) is 24.3 Å². The molecule has 1 aliphatic heterocycles. The molecule has 1 heterocycles. The van der Waals surface area contributed by atoms with Gasteiger partial charge in [0.05, 0.1) is 6.42 Å². The van der Waals surface area contributed by atoms with Gasteiger partial charge in [0.15, 0.2) is 0 Å². The second-order valence-corrected chi connectivity index (χ2v) is 5.41. The Bertz CT molecular complexity index is 602. The van der Waals surface area contributed by atoms with Crippen LogP contribution in [0.5, 0.6) is 0 Å². The van der Waals surface area contributed by atoms with Crippen LogP contribution in [0, 0.1) is 0 Å². The zero-order valence-electron chi connectivity index (χ0n) is 11.0. The van der Waals surface area contributed by atoms with Gasteiger partial charge in [-0.05, 0) is 24.5 Å². The van der Waals surface area contributed by atoms with Crippen molar-refractivity contribution in [1.29, 1.82) is 0 Å². The molecule has 1 fully saturated rings. The van der Waals surface area contributed by atoms with Gasteiger partial charge in [-0.2, -0.15) is 0 Å². The van der Waals surface area contributed by atoms with E-state index in [9.17, 15) is 19.5 Å². The Labute approximate surface area is 116 Å². The van der Waals surface area contributed by atoms with Crippen LogP contribution in [0.1, 0.15) is 41.6 Å². The number of hydrogen-bond donors (Lipinski definition) is 1. The minimum absolute atomic E-state index is 0.0942. The summed E-state index contributed by atoms with van der Waals surface area (Å²) in [5.41, 5.74) is -0.223. The normalized spacial score (nSPS) is 20.9. The molecule has 2 aliphatic rings. The number of nitrogens with zero attached hydrogens (tertiary/aromatic N) is 1. The fourth-order valence-corrected chi connectivity index (χ4v) is 3.28. The van der Waals surface area contributed by atoms with E-state index in [0.29, 0.717) is 24.0 Å². The predicted octanol–water partition coefficient (Wildman–Crippen LogP) is 1.61. The highest BCUT2D eigenvalue weighted by atomic mass is 16.4. The molecule has 0 bridgehead atoms. The van der Waals surface area contributed by atoms with Crippen LogP contribution in [-0.4, -0.2) is 33.3 Å². The van der Waals surface area contributed by atoms with Crippen molar-refractivity contribution in [2.24, 2.45) is 0 Å². The Balaban J connectivity index is 2.09. The van der Waals surface area contributed by atoms with Gasteiger partial charge < -0.3 is 5.11 Å². The molecule has 0 saturated heterocycles. The number of hydrogen-bond acceptors (Lipinski definition) is 3. The van der Waals surface area contributed by atoms with E-state index in [1.807, 2.05) is 0 Å². The summed E-state index contributed by atoms with van der Waals surface area (Å²) < 4.78 is 0. The third kappa shape index (κ3) is 1.66. The number of carboxylic acids is 1. The van der Waals surface area contributed by atoms with Crippen molar-refractivity contribution in [2.45, 2.75) is 37.6 Å². The fourth-order valence-electron chi connectivity index (χ4n) is 3.28. The monoisotopic (exact) mass is 273 g/mol. The van der Waals surface area contributed by atoms with Crippen LogP contribution < -0.4 is 0 Å². The lowest BCUT2D eigenvalue weighted by atomic mass is 9.89. The van der Waals surface area contributed by atoms with E-state index in [-0.39, 0.29) is 6.42 Å². The number of carbonyl (C=O) groups is 3. The number of carbonyl (C=O) groups excluding carboxylic acids is 2. The summed E-state index contributed by atoms with van der Waals surface area (Å²) in [6, 6.07) is 6.90. The Kier molecular flexibility index (Phi) is 2.85. The van der Waals surface area contributed by atoms with Gasteiger partial charge in [0.1, 0.15) is 5.54 Å². The van der Waals surface area contributed by atoms with Crippen molar-refractivity contribution in [3.05, 3.63) is 35.4 Å². The molecule has 20 heavy (non-hydrogen) atoms. The molecule has 0 atom stereocenters. The van der Waals surface area contributed by atoms with Crippen molar-refractivity contribution in [3.8, 4) is 0 Å². The van der Waals surface area contributed by atoms with Crippen LogP contribution in [-0.2, 0) is 16.0 Å². The lowest BCUT2D eigenvalue weighted by Gasteiger charge is -2.38. The summed E-state index contributed by atoms with van der Waals surface area (Å²) in [5.74, 6) is -1.95. The SMILES string of the molecule is O=C1Cc2ccccc2C(=O)N1C1(C(=O)O)CCCC1. The number of amides is 2. The first kappa shape index (κ1) is 12.8. The summed E-state index contributed by atoms with van der Waals surface area (Å²) in [6.07, 6.45) is 2.25. The van der Waals surface area contributed by atoms with Crippen molar-refractivity contribution >= 4 is 17.8 Å². The predicted molar refractivity (Wildman–Crippen MR) is 70.2 cm³/mol. The molecule has 5 nitrogen and oxygen atoms in total. The Morgan fingerprint density at radius 1 is 1.15 bits per heavy atom. The molecule has 0 radical (unpaired) electrons. The lowest BCUT2D eigenvalue weighted by molar-refractivity contribution is -0.156. The van der Waals surface area contributed by atoms with Crippen LogP contribution in [0.3, 0.4) is 0 Å². The van der Waals surface area contributed by atoms with Crippen molar-refractivity contribution in [2.75, 3.05) is 0 Å². The first-order valence-electron chi connectivity index (χ1n) is 6.75. The third-order valence-electron chi connectivity index (χ3n) is 4.30. The van der Waals surface area contributed by atoms with E-state index in [2.05, 4.69) is 0 Å². The van der Waals surface area contributed by atoms with Crippen LogP contribution in [0.25, 0.3) is 0 Å². The zero-order valence-corrected chi connectivity index (χ0v) is 11.0. The summed E-state index contributed by atoms with van der Waals surface area (Å²) in [7, 11) is 0. The maximum absolute atomic E-state index is 12.6. The maximum atomic E-state index is 12.6. The van der Waals surface area contributed by atoms with Gasteiger partial charge in [-0.3, -0.25) is 14.5 Å². The quantitative estimate of drug-likeness (QED) is 0.831. The molecule has 0 aromatic heterocycles. The molecule has 1 N–H and O–H groups in total. The van der Waals surface area contributed by atoms with E-state index >= 15 is 0 Å². The molecule has 1 saturated carbocycles. The summed E-state index contributed by atoms with van der Waals surface area (Å²) in [6.45, 7) is 0. The Morgan fingerprint density at radius 2 is 1.80 bits per heavy atom. The fraction of sp³-hybridized carbons (Fsp3) is 0.400. The molecule has 0 spiro atoms. The Morgan fingerprint density at radius 3 is 2.45 bits per heavy atom. The topological polar surface area (TPSA) is 74.7 Å². The minimum atomic E-state index is -1.35. The average Bonchev–Trinajstić information content (AvgIpc) is 2.89. The molecule has 2 amide bonds. The number of rotatable bonds is 2. The molecule has 5 heteroatoms. The average molecular weight is 273 g/mol. The van der Waals surface area contributed by atoms with E-state index in [1.54, 1.807) is 24.3 Å². The van der Waals surface area contributed by atoms with Gasteiger partial charge in [0.2, 0.25) is 5.91 Å². The van der Waals surface area contributed by atoms with Gasteiger partial charge in [0.25, 0.3) is 5.91 Å². The number of imide groups is 1. The smallest absolute Gasteiger partial charge is 0.330 e. The lowest BCUT2D eigenvalue weighted by Crippen LogP contribution is -2.60. The molecular formula is C15H15NO4.